The van der Waals surface area contributed by atoms with E-state index >= 15 is 0 Å². The number of rotatable bonds is 5. The molecule has 1 amide bonds. The second-order valence-electron chi connectivity index (χ2n) is 3.70. The fraction of sp³-hybridized carbons (Fsp3) is 0.333. The van der Waals surface area contributed by atoms with Gasteiger partial charge in [-0.25, -0.2) is 0 Å². The van der Waals surface area contributed by atoms with Crippen molar-refractivity contribution in [1.82, 2.24) is 4.90 Å². The highest BCUT2D eigenvalue weighted by atomic mass is 32.2. The van der Waals surface area contributed by atoms with E-state index in [9.17, 15) is 4.79 Å². The van der Waals surface area contributed by atoms with Gasteiger partial charge >= 0.3 is 0 Å². The van der Waals surface area contributed by atoms with Crippen LogP contribution in [0.4, 0.5) is 0 Å². The molecule has 4 nitrogen and oxygen atoms in total. The van der Waals surface area contributed by atoms with Crippen molar-refractivity contribution in [2.24, 2.45) is 0 Å². The summed E-state index contributed by atoms with van der Waals surface area (Å²) in [5, 5.41) is 0. The molecular formula is C12H13NO3S2. The highest BCUT2D eigenvalue weighted by Crippen LogP contribution is 2.32. The molecule has 96 valence electrons. The molecule has 0 aliphatic carbocycles. The molecule has 0 saturated carbocycles. The quantitative estimate of drug-likeness (QED) is 0.472. The molecule has 6 heteroatoms. The lowest BCUT2D eigenvalue weighted by molar-refractivity contribution is -0.122. The molecule has 0 bridgehead atoms. The van der Waals surface area contributed by atoms with Gasteiger partial charge in [0.25, 0.3) is 5.91 Å². The lowest BCUT2D eigenvalue weighted by atomic mass is 10.3. The van der Waals surface area contributed by atoms with Gasteiger partial charge in [0.05, 0.1) is 11.2 Å². The molecule has 1 aliphatic heterocycles. The van der Waals surface area contributed by atoms with E-state index in [1.54, 1.807) is 36.5 Å². The van der Waals surface area contributed by atoms with E-state index in [0.717, 1.165) is 6.42 Å². The van der Waals surface area contributed by atoms with E-state index in [0.29, 0.717) is 28.1 Å². The summed E-state index contributed by atoms with van der Waals surface area (Å²) in [6.07, 6.45) is 4.07. The predicted molar refractivity (Wildman–Crippen MR) is 75.1 cm³/mol. The SMILES string of the molecule is COCCCN1C(=O)C(=Cc2ccco2)SC1=S. The zero-order valence-electron chi connectivity index (χ0n) is 9.92. The standard InChI is InChI=1S/C12H13NO3S2/c1-15-6-3-5-13-11(14)10(18-12(13)17)8-9-4-2-7-16-9/h2,4,7-8H,3,5-6H2,1H3. The molecular weight excluding hydrogens is 270 g/mol. The first kappa shape index (κ1) is 13.3. The zero-order chi connectivity index (χ0) is 13.0. The van der Waals surface area contributed by atoms with E-state index in [1.807, 2.05) is 0 Å². The molecule has 0 spiro atoms. The summed E-state index contributed by atoms with van der Waals surface area (Å²) in [7, 11) is 1.64. The van der Waals surface area contributed by atoms with Gasteiger partial charge in [-0.05, 0) is 18.6 Å². The van der Waals surface area contributed by atoms with Crippen molar-refractivity contribution in [3.63, 3.8) is 0 Å². The van der Waals surface area contributed by atoms with Gasteiger partial charge < -0.3 is 9.15 Å². The van der Waals surface area contributed by atoms with Gasteiger partial charge in [0.15, 0.2) is 0 Å². The van der Waals surface area contributed by atoms with Gasteiger partial charge in [0.1, 0.15) is 10.1 Å². The Balaban J connectivity index is 2.04. The van der Waals surface area contributed by atoms with Crippen LogP contribution in [-0.4, -0.2) is 35.4 Å². The molecule has 2 heterocycles. The first-order valence-electron chi connectivity index (χ1n) is 5.50. The van der Waals surface area contributed by atoms with Crippen LogP contribution >= 0.6 is 24.0 Å². The second kappa shape index (κ2) is 6.17. The average molecular weight is 283 g/mol. The molecule has 0 unspecified atom stereocenters. The molecule has 2 rings (SSSR count). The number of furan rings is 1. The number of hydrogen-bond donors (Lipinski definition) is 0. The number of carbonyl (C=O) groups excluding carboxylic acids is 1. The van der Waals surface area contributed by atoms with Crippen molar-refractivity contribution in [3.05, 3.63) is 29.1 Å². The van der Waals surface area contributed by atoms with Crippen LogP contribution in [-0.2, 0) is 9.53 Å². The Kier molecular flexibility index (Phi) is 4.57. The summed E-state index contributed by atoms with van der Waals surface area (Å²) in [6, 6.07) is 3.59. The van der Waals surface area contributed by atoms with E-state index in [2.05, 4.69) is 0 Å². The van der Waals surface area contributed by atoms with Crippen LogP contribution in [0.25, 0.3) is 6.08 Å². The molecule has 0 aromatic carbocycles. The van der Waals surface area contributed by atoms with Crippen molar-refractivity contribution < 1.29 is 13.9 Å². The number of thioether (sulfide) groups is 1. The lowest BCUT2D eigenvalue weighted by Crippen LogP contribution is -2.29. The van der Waals surface area contributed by atoms with Crippen LogP contribution < -0.4 is 0 Å². The fourth-order valence-corrected chi connectivity index (χ4v) is 2.85. The van der Waals surface area contributed by atoms with Crippen LogP contribution in [0.5, 0.6) is 0 Å². The van der Waals surface area contributed by atoms with E-state index < -0.39 is 0 Å². The van der Waals surface area contributed by atoms with Gasteiger partial charge in [-0.15, -0.1) is 0 Å². The number of carbonyl (C=O) groups is 1. The van der Waals surface area contributed by atoms with Crippen LogP contribution in [0.1, 0.15) is 12.2 Å². The topological polar surface area (TPSA) is 42.7 Å². The third-order valence-corrected chi connectivity index (χ3v) is 3.80. The first-order chi connectivity index (χ1) is 8.72. The highest BCUT2D eigenvalue weighted by Gasteiger charge is 2.31. The number of methoxy groups -OCH3 is 1. The Morgan fingerprint density at radius 2 is 2.44 bits per heavy atom. The Morgan fingerprint density at radius 1 is 1.61 bits per heavy atom. The van der Waals surface area contributed by atoms with E-state index in [-0.39, 0.29) is 5.91 Å². The van der Waals surface area contributed by atoms with Gasteiger partial charge in [0, 0.05) is 26.3 Å². The number of thiocarbonyl (C=S) groups is 1. The summed E-state index contributed by atoms with van der Waals surface area (Å²) in [6.45, 7) is 1.21. The van der Waals surface area contributed by atoms with E-state index in [1.165, 1.54) is 11.8 Å². The van der Waals surface area contributed by atoms with Crippen LogP contribution in [0, 0.1) is 0 Å². The molecule has 0 atom stereocenters. The molecule has 18 heavy (non-hydrogen) atoms. The van der Waals surface area contributed by atoms with Crippen LogP contribution in [0.15, 0.2) is 27.7 Å². The second-order valence-corrected chi connectivity index (χ2v) is 5.37. The van der Waals surface area contributed by atoms with Gasteiger partial charge in [-0.3, -0.25) is 9.69 Å². The highest BCUT2D eigenvalue weighted by molar-refractivity contribution is 8.26. The Hall–Kier alpha value is -1.11. The average Bonchev–Trinajstić information content (AvgIpc) is 2.93. The first-order valence-corrected chi connectivity index (χ1v) is 6.72. The van der Waals surface area contributed by atoms with Crippen LogP contribution in [0.3, 0.4) is 0 Å². The van der Waals surface area contributed by atoms with Crippen molar-refractivity contribution in [2.45, 2.75) is 6.42 Å². The Labute approximate surface area is 115 Å². The minimum atomic E-state index is -0.0579. The predicted octanol–water partition coefficient (Wildman–Crippen LogP) is 2.52. The molecule has 1 fully saturated rings. The molecule has 1 aliphatic rings. The van der Waals surface area contributed by atoms with Crippen molar-refractivity contribution in [3.8, 4) is 0 Å². The summed E-state index contributed by atoms with van der Waals surface area (Å²) < 4.78 is 10.7. The summed E-state index contributed by atoms with van der Waals surface area (Å²) >= 11 is 6.50. The number of amides is 1. The minimum Gasteiger partial charge on any atom is -0.465 e. The monoisotopic (exact) mass is 283 g/mol. The molecule has 1 aromatic heterocycles. The summed E-state index contributed by atoms with van der Waals surface area (Å²) in [4.78, 5) is 14.3. The van der Waals surface area contributed by atoms with Crippen molar-refractivity contribution in [2.75, 3.05) is 20.3 Å². The molecule has 0 N–H and O–H groups in total. The number of ether oxygens (including phenoxy) is 1. The fourth-order valence-electron chi connectivity index (χ4n) is 1.56. The van der Waals surface area contributed by atoms with Gasteiger partial charge in [-0.2, -0.15) is 0 Å². The summed E-state index contributed by atoms with van der Waals surface area (Å²) in [5.41, 5.74) is 0. The Bertz CT molecular complexity index is 468. The maximum atomic E-state index is 12.1. The number of nitrogens with zero attached hydrogens (tertiary/aromatic N) is 1. The minimum absolute atomic E-state index is 0.0579. The lowest BCUT2D eigenvalue weighted by Gasteiger charge is -2.13. The van der Waals surface area contributed by atoms with Gasteiger partial charge in [0.2, 0.25) is 0 Å². The maximum absolute atomic E-state index is 12.1. The third kappa shape index (κ3) is 3.01. The van der Waals surface area contributed by atoms with Gasteiger partial charge in [-0.1, -0.05) is 24.0 Å². The number of hydrogen-bond acceptors (Lipinski definition) is 5. The molecule has 0 radical (unpaired) electrons. The summed E-state index contributed by atoms with van der Waals surface area (Å²) in [5.74, 6) is 0.602. The largest absolute Gasteiger partial charge is 0.465 e. The van der Waals surface area contributed by atoms with Crippen molar-refractivity contribution >= 4 is 40.3 Å². The normalized spacial score (nSPS) is 18.1. The van der Waals surface area contributed by atoms with Crippen LogP contribution in [0.2, 0.25) is 0 Å². The maximum Gasteiger partial charge on any atom is 0.266 e. The molecule has 1 saturated heterocycles. The smallest absolute Gasteiger partial charge is 0.266 e. The molecule has 1 aromatic rings. The van der Waals surface area contributed by atoms with E-state index in [4.69, 9.17) is 21.4 Å². The zero-order valence-corrected chi connectivity index (χ0v) is 11.6. The third-order valence-electron chi connectivity index (χ3n) is 2.42. The van der Waals surface area contributed by atoms with Crippen molar-refractivity contribution in [1.29, 1.82) is 0 Å². The Morgan fingerprint density at radius 3 is 3.11 bits per heavy atom.